The van der Waals surface area contributed by atoms with Gasteiger partial charge in [0.2, 0.25) is 0 Å². The Morgan fingerprint density at radius 3 is 2.64 bits per heavy atom. The van der Waals surface area contributed by atoms with Crippen LogP contribution in [-0.2, 0) is 11.4 Å². The van der Waals surface area contributed by atoms with Gasteiger partial charge >= 0.3 is 5.97 Å². The van der Waals surface area contributed by atoms with Crippen LogP contribution in [0.2, 0.25) is 0 Å². The molecule has 1 aromatic heterocycles. The fourth-order valence-electron chi connectivity index (χ4n) is 4.46. The maximum absolute atomic E-state index is 12.1. The molecule has 0 spiro atoms. The number of aliphatic carboxylic acids is 1. The van der Waals surface area contributed by atoms with Crippen LogP contribution >= 0.6 is 11.3 Å². The molecule has 1 aliphatic heterocycles. The molecule has 2 heterocycles. The van der Waals surface area contributed by atoms with E-state index in [4.69, 9.17) is 9.47 Å². The van der Waals surface area contributed by atoms with Crippen molar-refractivity contribution in [2.45, 2.75) is 51.8 Å². The van der Waals surface area contributed by atoms with Gasteiger partial charge in [-0.15, -0.1) is 11.3 Å². The van der Waals surface area contributed by atoms with Gasteiger partial charge in [0.15, 0.2) is 11.5 Å². The second kappa shape index (κ2) is 10.9. The van der Waals surface area contributed by atoms with Crippen LogP contribution in [0.3, 0.4) is 0 Å². The van der Waals surface area contributed by atoms with Crippen molar-refractivity contribution in [3.8, 4) is 11.5 Å². The van der Waals surface area contributed by atoms with E-state index >= 15 is 0 Å². The first-order valence-electron chi connectivity index (χ1n) is 11.5. The van der Waals surface area contributed by atoms with Crippen LogP contribution in [0.4, 0.5) is 0 Å². The first-order chi connectivity index (χ1) is 16.1. The van der Waals surface area contributed by atoms with Crippen molar-refractivity contribution in [3.05, 3.63) is 81.5 Å². The number of hydrogen-bond acceptors (Lipinski definition) is 5. The molecule has 0 aliphatic carbocycles. The van der Waals surface area contributed by atoms with Gasteiger partial charge in [0, 0.05) is 4.88 Å². The summed E-state index contributed by atoms with van der Waals surface area (Å²) in [5.74, 6) is 0.632. The van der Waals surface area contributed by atoms with Gasteiger partial charge in [0.1, 0.15) is 12.6 Å². The minimum atomic E-state index is -0.749. The Morgan fingerprint density at radius 2 is 1.94 bits per heavy atom. The number of carbonyl (C=O) groups is 1. The van der Waals surface area contributed by atoms with Crippen LogP contribution in [0.1, 0.15) is 53.8 Å². The van der Waals surface area contributed by atoms with Crippen LogP contribution in [0.15, 0.2) is 60.0 Å². The summed E-state index contributed by atoms with van der Waals surface area (Å²) in [7, 11) is 0. The zero-order chi connectivity index (χ0) is 23.2. The summed E-state index contributed by atoms with van der Waals surface area (Å²) in [5.41, 5.74) is 3.31. The monoisotopic (exact) mass is 465 g/mol. The average molecular weight is 466 g/mol. The standard InChI is InChI=1S/C27H31NO4S/c1-3-31-24-16-21(12-13-23(24)32-17-20-9-5-4-6-10-20)26(25-15-19(2)18-33-25)28-14-8-7-11-22(28)27(29)30/h4-6,9-10,12-13,15-16,18,22,26H,3,7-8,11,14,17H2,1-2H3,(H,29,30). The summed E-state index contributed by atoms with van der Waals surface area (Å²) in [6.07, 6.45) is 2.62. The SMILES string of the molecule is CCOc1cc(C(c2cc(C)cs2)N2CCCCC2C(=O)O)ccc1OCc1ccccc1. The van der Waals surface area contributed by atoms with Gasteiger partial charge in [-0.3, -0.25) is 9.69 Å². The van der Waals surface area contributed by atoms with Crippen molar-refractivity contribution < 1.29 is 19.4 Å². The van der Waals surface area contributed by atoms with Crippen LogP contribution in [0, 0.1) is 6.92 Å². The van der Waals surface area contributed by atoms with Gasteiger partial charge in [-0.2, -0.15) is 0 Å². The van der Waals surface area contributed by atoms with E-state index in [1.54, 1.807) is 11.3 Å². The molecule has 0 radical (unpaired) electrons. The van der Waals surface area contributed by atoms with Crippen molar-refractivity contribution in [3.63, 3.8) is 0 Å². The molecule has 4 rings (SSSR count). The first kappa shape index (κ1) is 23.3. The number of benzene rings is 2. The molecule has 6 heteroatoms. The van der Waals surface area contributed by atoms with Crippen LogP contribution in [0.5, 0.6) is 11.5 Å². The smallest absolute Gasteiger partial charge is 0.320 e. The average Bonchev–Trinajstić information content (AvgIpc) is 3.25. The maximum Gasteiger partial charge on any atom is 0.320 e. The molecule has 1 aliphatic rings. The molecule has 0 amide bonds. The Morgan fingerprint density at radius 1 is 1.12 bits per heavy atom. The van der Waals surface area contributed by atoms with Crippen molar-refractivity contribution in [1.29, 1.82) is 0 Å². The highest BCUT2D eigenvalue weighted by Crippen LogP contribution is 2.40. The Labute approximate surface area is 199 Å². The number of hydrogen-bond donors (Lipinski definition) is 1. The van der Waals surface area contributed by atoms with E-state index in [1.807, 2.05) is 49.4 Å². The molecule has 5 nitrogen and oxygen atoms in total. The molecular weight excluding hydrogens is 434 g/mol. The quantitative estimate of drug-likeness (QED) is 0.416. The van der Waals surface area contributed by atoms with E-state index in [1.165, 1.54) is 5.56 Å². The normalized spacial score (nSPS) is 17.5. The van der Waals surface area contributed by atoms with Crippen LogP contribution in [-0.4, -0.2) is 35.2 Å². The number of likely N-dealkylation sites (tertiary alicyclic amines) is 1. The first-order valence-corrected chi connectivity index (χ1v) is 12.4. The molecule has 3 aromatic rings. The highest BCUT2D eigenvalue weighted by molar-refractivity contribution is 7.10. The fraction of sp³-hybridized carbons (Fsp3) is 0.370. The van der Waals surface area contributed by atoms with Crippen molar-refractivity contribution in [2.75, 3.05) is 13.2 Å². The molecule has 0 bridgehead atoms. The molecule has 33 heavy (non-hydrogen) atoms. The van der Waals surface area contributed by atoms with Gasteiger partial charge in [0.05, 0.1) is 12.6 Å². The largest absolute Gasteiger partial charge is 0.490 e. The summed E-state index contributed by atoms with van der Waals surface area (Å²) in [5, 5.41) is 12.1. The van der Waals surface area contributed by atoms with Gasteiger partial charge in [-0.25, -0.2) is 0 Å². The zero-order valence-electron chi connectivity index (χ0n) is 19.2. The third kappa shape index (κ3) is 5.57. The number of thiophene rings is 1. The molecule has 1 N–H and O–H groups in total. The molecule has 2 aromatic carbocycles. The summed E-state index contributed by atoms with van der Waals surface area (Å²) in [6.45, 7) is 5.78. The molecule has 2 unspecified atom stereocenters. The van der Waals surface area contributed by atoms with E-state index in [0.717, 1.165) is 35.4 Å². The Hall–Kier alpha value is -2.83. The van der Waals surface area contributed by atoms with Crippen molar-refractivity contribution in [1.82, 2.24) is 4.90 Å². The molecular formula is C27H31NO4S. The van der Waals surface area contributed by atoms with E-state index < -0.39 is 12.0 Å². The Kier molecular flexibility index (Phi) is 7.68. The zero-order valence-corrected chi connectivity index (χ0v) is 20.0. The molecule has 174 valence electrons. The highest BCUT2D eigenvalue weighted by Gasteiger charge is 2.36. The number of carboxylic acids is 1. The number of nitrogens with zero attached hydrogens (tertiary/aromatic N) is 1. The third-order valence-corrected chi connectivity index (χ3v) is 7.10. The second-order valence-corrected chi connectivity index (χ2v) is 9.37. The molecule has 2 atom stereocenters. The lowest BCUT2D eigenvalue weighted by Gasteiger charge is -2.39. The van der Waals surface area contributed by atoms with E-state index in [-0.39, 0.29) is 6.04 Å². The highest BCUT2D eigenvalue weighted by atomic mass is 32.1. The van der Waals surface area contributed by atoms with Gasteiger partial charge in [-0.1, -0.05) is 42.8 Å². The number of carboxylic acid groups (broad SMARTS) is 1. The number of piperidine rings is 1. The molecule has 1 fully saturated rings. The van der Waals surface area contributed by atoms with Crippen molar-refractivity contribution >= 4 is 17.3 Å². The Bertz CT molecular complexity index is 1060. The topological polar surface area (TPSA) is 59.0 Å². The minimum Gasteiger partial charge on any atom is -0.490 e. The summed E-state index contributed by atoms with van der Waals surface area (Å²) >= 11 is 1.68. The van der Waals surface area contributed by atoms with E-state index in [9.17, 15) is 9.90 Å². The van der Waals surface area contributed by atoms with Crippen LogP contribution < -0.4 is 9.47 Å². The summed E-state index contributed by atoms with van der Waals surface area (Å²) in [6, 6.07) is 17.6. The number of aryl methyl sites for hydroxylation is 1. The van der Waals surface area contributed by atoms with Gasteiger partial charge in [0.25, 0.3) is 0 Å². The fourth-order valence-corrected chi connectivity index (χ4v) is 5.51. The van der Waals surface area contributed by atoms with Crippen LogP contribution in [0.25, 0.3) is 0 Å². The summed E-state index contributed by atoms with van der Waals surface area (Å²) < 4.78 is 12.1. The maximum atomic E-state index is 12.1. The molecule has 0 saturated carbocycles. The van der Waals surface area contributed by atoms with Gasteiger partial charge < -0.3 is 14.6 Å². The van der Waals surface area contributed by atoms with Crippen molar-refractivity contribution in [2.24, 2.45) is 0 Å². The predicted octanol–water partition coefficient (Wildman–Crippen LogP) is 6.06. The van der Waals surface area contributed by atoms with Gasteiger partial charge in [-0.05, 0) is 73.5 Å². The molecule has 1 saturated heterocycles. The third-order valence-electron chi connectivity index (χ3n) is 6.00. The lowest BCUT2D eigenvalue weighted by Crippen LogP contribution is -2.46. The Balaban J connectivity index is 1.68. The lowest BCUT2D eigenvalue weighted by atomic mass is 9.95. The van der Waals surface area contributed by atoms with E-state index in [2.05, 4.69) is 29.3 Å². The lowest BCUT2D eigenvalue weighted by molar-refractivity contribution is -0.145. The van der Waals surface area contributed by atoms with E-state index in [0.29, 0.717) is 31.1 Å². The number of ether oxygens (including phenoxy) is 2. The minimum absolute atomic E-state index is 0.132. The second-order valence-electron chi connectivity index (χ2n) is 8.43. The number of rotatable bonds is 9. The predicted molar refractivity (Wildman–Crippen MR) is 131 cm³/mol. The summed E-state index contributed by atoms with van der Waals surface area (Å²) in [4.78, 5) is 15.4.